The molecule has 0 aromatic heterocycles. The lowest BCUT2D eigenvalue weighted by Gasteiger charge is -2.13. The Kier molecular flexibility index (Phi) is 5.97. The van der Waals surface area contributed by atoms with Gasteiger partial charge in [0.1, 0.15) is 5.75 Å². The summed E-state index contributed by atoms with van der Waals surface area (Å²) in [6, 6.07) is 8.74. The molecule has 0 atom stereocenters. The van der Waals surface area contributed by atoms with E-state index >= 15 is 0 Å². The van der Waals surface area contributed by atoms with E-state index in [9.17, 15) is 0 Å². The number of benzene rings is 2. The van der Waals surface area contributed by atoms with Gasteiger partial charge in [0.2, 0.25) is 0 Å². The van der Waals surface area contributed by atoms with Crippen LogP contribution >= 0.6 is 23.2 Å². The number of hydrogen-bond acceptors (Lipinski definition) is 4. The second kappa shape index (κ2) is 7.77. The zero-order valence-corrected chi connectivity index (χ0v) is 15.6. The van der Waals surface area contributed by atoms with Crippen LogP contribution in [0.4, 0.5) is 11.4 Å². The van der Waals surface area contributed by atoms with Gasteiger partial charge in [0.25, 0.3) is 0 Å². The van der Waals surface area contributed by atoms with Crippen LogP contribution in [0.3, 0.4) is 0 Å². The molecular formula is C18H20Cl2N2O2. The SMILES string of the molecule is COC(=Nc1ccc(Oc2c(Cl)cc(N)cc2Cl)cc1C)C(C)C. The Labute approximate surface area is 152 Å². The van der Waals surface area contributed by atoms with E-state index in [0.29, 0.717) is 33.1 Å². The average Bonchev–Trinajstić information content (AvgIpc) is 2.49. The van der Waals surface area contributed by atoms with Gasteiger partial charge in [0, 0.05) is 11.6 Å². The predicted molar refractivity (Wildman–Crippen MR) is 101 cm³/mol. The Bertz CT molecular complexity index is 751. The Hall–Kier alpha value is -1.91. The summed E-state index contributed by atoms with van der Waals surface area (Å²) in [4.78, 5) is 4.54. The van der Waals surface area contributed by atoms with Gasteiger partial charge in [-0.15, -0.1) is 0 Å². The van der Waals surface area contributed by atoms with Crippen molar-refractivity contribution in [2.75, 3.05) is 12.8 Å². The van der Waals surface area contributed by atoms with Gasteiger partial charge in [-0.2, -0.15) is 0 Å². The fraction of sp³-hybridized carbons (Fsp3) is 0.278. The molecular weight excluding hydrogens is 347 g/mol. The van der Waals surface area contributed by atoms with Gasteiger partial charge in [-0.05, 0) is 42.8 Å². The zero-order valence-electron chi connectivity index (χ0n) is 14.1. The highest BCUT2D eigenvalue weighted by molar-refractivity contribution is 6.37. The summed E-state index contributed by atoms with van der Waals surface area (Å²) in [5, 5.41) is 0.724. The lowest BCUT2D eigenvalue weighted by molar-refractivity contribution is 0.375. The van der Waals surface area contributed by atoms with Gasteiger partial charge in [-0.25, -0.2) is 4.99 Å². The fourth-order valence-corrected chi connectivity index (χ4v) is 2.72. The summed E-state index contributed by atoms with van der Waals surface area (Å²) >= 11 is 12.3. The molecule has 2 rings (SSSR count). The second-order valence-corrected chi connectivity index (χ2v) is 6.49. The highest BCUT2D eigenvalue weighted by atomic mass is 35.5. The molecule has 0 unspecified atom stereocenters. The summed E-state index contributed by atoms with van der Waals surface area (Å²) in [5.74, 6) is 1.88. The molecule has 0 bridgehead atoms. The van der Waals surface area contributed by atoms with Gasteiger partial charge < -0.3 is 15.2 Å². The number of methoxy groups -OCH3 is 1. The number of hydrogen-bond donors (Lipinski definition) is 1. The van der Waals surface area contributed by atoms with Crippen molar-refractivity contribution in [3.05, 3.63) is 45.9 Å². The Morgan fingerprint density at radius 2 is 1.75 bits per heavy atom. The predicted octanol–water partition coefficient (Wildman–Crippen LogP) is 6.01. The maximum Gasteiger partial charge on any atom is 0.190 e. The van der Waals surface area contributed by atoms with Crippen molar-refractivity contribution in [2.45, 2.75) is 20.8 Å². The lowest BCUT2D eigenvalue weighted by Crippen LogP contribution is -2.09. The van der Waals surface area contributed by atoms with Crippen LogP contribution in [0.1, 0.15) is 19.4 Å². The van der Waals surface area contributed by atoms with E-state index in [1.165, 1.54) is 0 Å². The number of halogens is 2. The second-order valence-electron chi connectivity index (χ2n) is 5.67. The fourth-order valence-electron chi connectivity index (χ4n) is 2.14. The van der Waals surface area contributed by atoms with Crippen molar-refractivity contribution in [2.24, 2.45) is 10.9 Å². The lowest BCUT2D eigenvalue weighted by atomic mass is 10.1. The molecule has 0 aliphatic carbocycles. The third-order valence-corrected chi connectivity index (χ3v) is 3.90. The van der Waals surface area contributed by atoms with Gasteiger partial charge in [-0.1, -0.05) is 37.0 Å². The zero-order chi connectivity index (χ0) is 17.9. The van der Waals surface area contributed by atoms with E-state index in [1.807, 2.05) is 39.0 Å². The normalized spacial score (nSPS) is 11.7. The van der Waals surface area contributed by atoms with Crippen LogP contribution in [-0.2, 0) is 4.74 Å². The van der Waals surface area contributed by atoms with Crippen molar-refractivity contribution in [3.63, 3.8) is 0 Å². The minimum absolute atomic E-state index is 0.206. The van der Waals surface area contributed by atoms with E-state index in [-0.39, 0.29) is 5.92 Å². The molecule has 0 spiro atoms. The minimum atomic E-state index is 0.206. The first kappa shape index (κ1) is 18.4. The maximum atomic E-state index is 6.15. The molecule has 0 aliphatic heterocycles. The molecule has 2 aromatic carbocycles. The number of aryl methyl sites for hydroxylation is 1. The highest BCUT2D eigenvalue weighted by Crippen LogP contribution is 2.39. The maximum absolute atomic E-state index is 6.15. The summed E-state index contributed by atoms with van der Waals surface area (Å²) < 4.78 is 11.1. The summed E-state index contributed by atoms with van der Waals surface area (Å²) in [7, 11) is 1.62. The van der Waals surface area contributed by atoms with E-state index in [4.69, 9.17) is 38.4 Å². The number of aliphatic imine (C=N–C) groups is 1. The van der Waals surface area contributed by atoms with Crippen LogP contribution in [-0.4, -0.2) is 13.0 Å². The first-order valence-electron chi connectivity index (χ1n) is 7.47. The van der Waals surface area contributed by atoms with E-state index in [0.717, 1.165) is 11.3 Å². The first-order valence-corrected chi connectivity index (χ1v) is 8.23. The average molecular weight is 367 g/mol. The van der Waals surface area contributed by atoms with Crippen LogP contribution < -0.4 is 10.5 Å². The molecule has 0 fully saturated rings. The molecule has 0 saturated carbocycles. The Balaban J connectivity index is 2.31. The first-order chi connectivity index (χ1) is 11.3. The van der Waals surface area contributed by atoms with Crippen molar-refractivity contribution in [1.29, 1.82) is 0 Å². The molecule has 0 radical (unpaired) electrons. The number of ether oxygens (including phenoxy) is 2. The monoisotopic (exact) mass is 366 g/mol. The molecule has 0 heterocycles. The molecule has 6 heteroatoms. The van der Waals surface area contributed by atoms with Gasteiger partial charge in [-0.3, -0.25) is 0 Å². The standard InChI is InChI=1S/C18H20Cl2N2O2/c1-10(2)18(23-4)22-16-6-5-13(7-11(16)3)24-17-14(19)8-12(21)9-15(17)20/h5-10H,21H2,1-4H3. The van der Waals surface area contributed by atoms with Gasteiger partial charge in [0.15, 0.2) is 11.6 Å². The molecule has 24 heavy (non-hydrogen) atoms. The minimum Gasteiger partial charge on any atom is -0.484 e. The summed E-state index contributed by atoms with van der Waals surface area (Å²) in [5.41, 5.74) is 7.95. The number of anilines is 1. The van der Waals surface area contributed by atoms with Crippen LogP contribution in [0.15, 0.2) is 35.3 Å². The number of nitrogen functional groups attached to an aromatic ring is 1. The summed E-state index contributed by atoms with van der Waals surface area (Å²) in [6.45, 7) is 6.01. The van der Waals surface area contributed by atoms with Gasteiger partial charge >= 0.3 is 0 Å². The number of nitrogens with two attached hydrogens (primary N) is 1. The van der Waals surface area contributed by atoms with Crippen molar-refractivity contribution in [3.8, 4) is 11.5 Å². The largest absolute Gasteiger partial charge is 0.484 e. The van der Waals surface area contributed by atoms with Crippen LogP contribution in [0.5, 0.6) is 11.5 Å². The molecule has 0 aliphatic rings. The van der Waals surface area contributed by atoms with Gasteiger partial charge in [0.05, 0.1) is 22.8 Å². The van der Waals surface area contributed by atoms with E-state index in [1.54, 1.807) is 19.2 Å². The molecule has 2 N–H and O–H groups in total. The van der Waals surface area contributed by atoms with Crippen LogP contribution in [0.25, 0.3) is 0 Å². The van der Waals surface area contributed by atoms with E-state index < -0.39 is 0 Å². The molecule has 0 saturated heterocycles. The molecule has 0 amide bonds. The summed E-state index contributed by atoms with van der Waals surface area (Å²) in [6.07, 6.45) is 0. The van der Waals surface area contributed by atoms with Crippen molar-refractivity contribution in [1.82, 2.24) is 0 Å². The van der Waals surface area contributed by atoms with Crippen molar-refractivity contribution >= 4 is 40.5 Å². The number of nitrogens with zero attached hydrogens (tertiary/aromatic N) is 1. The smallest absolute Gasteiger partial charge is 0.190 e. The molecule has 4 nitrogen and oxygen atoms in total. The third-order valence-electron chi connectivity index (χ3n) is 3.34. The van der Waals surface area contributed by atoms with Crippen molar-refractivity contribution < 1.29 is 9.47 Å². The Morgan fingerprint density at radius 1 is 1.12 bits per heavy atom. The quantitative estimate of drug-likeness (QED) is 0.409. The van der Waals surface area contributed by atoms with Crippen LogP contribution in [0.2, 0.25) is 10.0 Å². The molecule has 128 valence electrons. The van der Waals surface area contributed by atoms with Crippen LogP contribution in [0, 0.1) is 12.8 Å². The topological polar surface area (TPSA) is 56.8 Å². The van der Waals surface area contributed by atoms with E-state index in [2.05, 4.69) is 4.99 Å². The highest BCUT2D eigenvalue weighted by Gasteiger charge is 2.12. The Morgan fingerprint density at radius 3 is 2.25 bits per heavy atom. The third kappa shape index (κ3) is 4.34. The molecule has 2 aromatic rings. The number of rotatable bonds is 4.